The van der Waals surface area contributed by atoms with Gasteiger partial charge in [0.1, 0.15) is 0 Å². The largest absolute Gasteiger partial charge is 0.371 e. The highest BCUT2D eigenvalue weighted by Crippen LogP contribution is 2.25. The van der Waals surface area contributed by atoms with Crippen molar-refractivity contribution >= 4 is 27.3 Å². The quantitative estimate of drug-likeness (QED) is 0.816. The minimum Gasteiger partial charge on any atom is -0.371 e. The second-order valence-electron chi connectivity index (χ2n) is 7.72. The summed E-state index contributed by atoms with van der Waals surface area (Å²) in [5, 5.41) is 2.95. The molecular formula is C22H27N3O3S. The molecule has 2 fully saturated rings. The number of nitrogens with zero attached hydrogens (tertiary/aromatic N) is 2. The monoisotopic (exact) mass is 413 g/mol. The number of carbonyl (C=O) groups excluding carboxylic acids is 1. The van der Waals surface area contributed by atoms with Crippen molar-refractivity contribution in [2.45, 2.75) is 30.6 Å². The van der Waals surface area contributed by atoms with Crippen LogP contribution in [-0.4, -0.2) is 44.8 Å². The molecule has 1 N–H and O–H groups in total. The number of hydrogen-bond acceptors (Lipinski definition) is 4. The number of nitrogens with one attached hydrogen (secondary N) is 1. The van der Waals surface area contributed by atoms with Gasteiger partial charge in [0.25, 0.3) is 0 Å². The van der Waals surface area contributed by atoms with Crippen molar-refractivity contribution in [2.75, 3.05) is 36.4 Å². The molecule has 1 amide bonds. The lowest BCUT2D eigenvalue weighted by molar-refractivity contribution is -0.120. The van der Waals surface area contributed by atoms with Crippen LogP contribution in [0.15, 0.2) is 59.5 Å². The van der Waals surface area contributed by atoms with Crippen molar-refractivity contribution in [3.63, 3.8) is 0 Å². The highest BCUT2D eigenvalue weighted by Gasteiger charge is 2.28. The highest BCUT2D eigenvalue weighted by molar-refractivity contribution is 7.89. The zero-order valence-corrected chi connectivity index (χ0v) is 17.3. The number of hydrogen-bond donors (Lipinski definition) is 1. The molecule has 2 heterocycles. The van der Waals surface area contributed by atoms with Crippen LogP contribution in [-0.2, 0) is 14.8 Å². The lowest BCUT2D eigenvalue weighted by Gasteiger charge is -2.33. The fraction of sp³-hybridized carbons (Fsp3) is 0.409. The predicted octanol–water partition coefficient (Wildman–Crippen LogP) is 3.33. The Morgan fingerprint density at radius 1 is 0.862 bits per heavy atom. The first kappa shape index (κ1) is 19.9. The van der Waals surface area contributed by atoms with Gasteiger partial charge in [0.15, 0.2) is 0 Å². The van der Waals surface area contributed by atoms with Crippen LogP contribution in [0.2, 0.25) is 0 Å². The van der Waals surface area contributed by atoms with Gasteiger partial charge in [0.05, 0.1) is 4.90 Å². The first-order chi connectivity index (χ1) is 14.0. The van der Waals surface area contributed by atoms with E-state index >= 15 is 0 Å². The molecule has 4 rings (SSSR count). The van der Waals surface area contributed by atoms with E-state index in [1.165, 1.54) is 9.99 Å². The average molecular weight is 414 g/mol. The maximum absolute atomic E-state index is 12.6. The Labute approximate surface area is 172 Å². The van der Waals surface area contributed by atoms with E-state index in [2.05, 4.69) is 22.3 Å². The number of sulfonamides is 1. The van der Waals surface area contributed by atoms with Crippen molar-refractivity contribution in [3.8, 4) is 0 Å². The summed E-state index contributed by atoms with van der Waals surface area (Å²) >= 11 is 0. The van der Waals surface area contributed by atoms with Gasteiger partial charge in [-0.2, -0.15) is 4.31 Å². The normalized spacial score (nSPS) is 18.7. The number of piperidine rings is 1. The number of benzene rings is 2. The van der Waals surface area contributed by atoms with Gasteiger partial charge >= 0.3 is 0 Å². The molecule has 2 aliphatic rings. The van der Waals surface area contributed by atoms with Crippen LogP contribution in [0.5, 0.6) is 0 Å². The molecule has 0 spiro atoms. The lowest BCUT2D eigenvalue weighted by atomic mass is 9.95. The lowest BCUT2D eigenvalue weighted by Crippen LogP contribution is -2.38. The van der Waals surface area contributed by atoms with Gasteiger partial charge < -0.3 is 10.2 Å². The van der Waals surface area contributed by atoms with Gasteiger partial charge in [-0.05, 0) is 62.1 Å². The summed E-state index contributed by atoms with van der Waals surface area (Å²) in [5.74, 6) is -0.0177. The number of anilines is 2. The molecule has 0 saturated carbocycles. The van der Waals surface area contributed by atoms with Crippen LogP contribution in [0, 0.1) is 5.92 Å². The van der Waals surface area contributed by atoms with Crippen LogP contribution in [0.3, 0.4) is 0 Å². The van der Waals surface area contributed by atoms with Crippen molar-refractivity contribution in [1.29, 1.82) is 0 Å². The summed E-state index contributed by atoms with van der Waals surface area (Å²) in [6.45, 7) is 2.88. The summed E-state index contributed by atoms with van der Waals surface area (Å²) in [6.07, 6.45) is 3.44. The molecule has 0 aliphatic carbocycles. The van der Waals surface area contributed by atoms with Crippen LogP contribution >= 0.6 is 0 Å². The van der Waals surface area contributed by atoms with Crippen molar-refractivity contribution in [1.82, 2.24) is 4.31 Å². The third-order valence-electron chi connectivity index (χ3n) is 5.81. The van der Waals surface area contributed by atoms with E-state index in [9.17, 15) is 13.2 Å². The van der Waals surface area contributed by atoms with E-state index in [-0.39, 0.29) is 16.7 Å². The molecule has 2 aromatic rings. The van der Waals surface area contributed by atoms with E-state index in [0.29, 0.717) is 18.8 Å². The molecule has 0 radical (unpaired) electrons. The first-order valence-electron chi connectivity index (χ1n) is 10.2. The van der Waals surface area contributed by atoms with Crippen molar-refractivity contribution in [2.24, 2.45) is 5.92 Å². The van der Waals surface area contributed by atoms with Gasteiger partial charge in [-0.25, -0.2) is 8.42 Å². The van der Waals surface area contributed by atoms with Crippen molar-refractivity contribution < 1.29 is 13.2 Å². The smallest absolute Gasteiger partial charge is 0.243 e. The fourth-order valence-corrected chi connectivity index (χ4v) is 5.59. The molecule has 2 aliphatic heterocycles. The highest BCUT2D eigenvalue weighted by atomic mass is 32.2. The zero-order valence-electron chi connectivity index (χ0n) is 16.5. The summed E-state index contributed by atoms with van der Waals surface area (Å²) in [6, 6.07) is 16.8. The van der Waals surface area contributed by atoms with E-state index in [4.69, 9.17) is 0 Å². The van der Waals surface area contributed by atoms with E-state index < -0.39 is 10.0 Å². The van der Waals surface area contributed by atoms with Gasteiger partial charge in [-0.3, -0.25) is 4.79 Å². The third-order valence-corrected chi connectivity index (χ3v) is 7.72. The molecule has 29 heavy (non-hydrogen) atoms. The topological polar surface area (TPSA) is 69.7 Å². The van der Waals surface area contributed by atoms with E-state index in [0.717, 1.165) is 38.8 Å². The Kier molecular flexibility index (Phi) is 5.87. The van der Waals surface area contributed by atoms with E-state index in [1.807, 2.05) is 18.2 Å². The Morgan fingerprint density at radius 2 is 1.48 bits per heavy atom. The maximum Gasteiger partial charge on any atom is 0.243 e. The summed E-state index contributed by atoms with van der Waals surface area (Å²) in [4.78, 5) is 15.2. The number of rotatable bonds is 5. The molecule has 0 atom stereocenters. The molecule has 6 nitrogen and oxygen atoms in total. The molecule has 7 heteroatoms. The number of para-hydroxylation sites is 1. The number of carbonyl (C=O) groups is 1. The molecule has 0 bridgehead atoms. The Bertz CT molecular complexity index is 931. The van der Waals surface area contributed by atoms with Gasteiger partial charge in [0, 0.05) is 43.5 Å². The Morgan fingerprint density at radius 3 is 2.10 bits per heavy atom. The average Bonchev–Trinajstić information content (AvgIpc) is 3.31. The third kappa shape index (κ3) is 4.46. The minimum atomic E-state index is -3.42. The number of amides is 1. The van der Waals surface area contributed by atoms with Crippen LogP contribution < -0.4 is 10.2 Å². The SMILES string of the molecule is O=C(Nc1ccc(S(=O)(=O)N2CCCC2)cc1)C1CCN(c2ccccc2)CC1. The van der Waals surface area contributed by atoms with Crippen LogP contribution in [0.25, 0.3) is 0 Å². The van der Waals surface area contributed by atoms with Gasteiger partial charge in [-0.15, -0.1) is 0 Å². The van der Waals surface area contributed by atoms with Crippen LogP contribution in [0.1, 0.15) is 25.7 Å². The first-order valence-corrected chi connectivity index (χ1v) is 11.7. The Hall–Kier alpha value is -2.38. The van der Waals surface area contributed by atoms with Crippen LogP contribution in [0.4, 0.5) is 11.4 Å². The zero-order chi connectivity index (χ0) is 20.3. The second kappa shape index (κ2) is 8.55. The molecule has 0 unspecified atom stereocenters. The molecular weight excluding hydrogens is 386 g/mol. The standard InChI is InChI=1S/C22H27N3O3S/c26-22(18-12-16-24(17-13-18)20-6-2-1-3-7-20)23-19-8-10-21(11-9-19)29(27,28)25-14-4-5-15-25/h1-3,6-11,18H,4-5,12-17H2,(H,23,26). The predicted molar refractivity (Wildman–Crippen MR) is 114 cm³/mol. The van der Waals surface area contributed by atoms with E-state index in [1.54, 1.807) is 24.3 Å². The summed E-state index contributed by atoms with van der Waals surface area (Å²) < 4.78 is 26.7. The minimum absolute atomic E-state index is 0.00728. The second-order valence-corrected chi connectivity index (χ2v) is 9.66. The summed E-state index contributed by atoms with van der Waals surface area (Å²) in [5.41, 5.74) is 1.84. The molecule has 2 saturated heterocycles. The van der Waals surface area contributed by atoms with Gasteiger partial charge in [-0.1, -0.05) is 18.2 Å². The molecule has 154 valence electrons. The Balaban J connectivity index is 1.33. The maximum atomic E-state index is 12.6. The van der Waals surface area contributed by atoms with Gasteiger partial charge in [0.2, 0.25) is 15.9 Å². The fourth-order valence-electron chi connectivity index (χ4n) is 4.07. The molecule has 2 aromatic carbocycles. The van der Waals surface area contributed by atoms with Crippen molar-refractivity contribution in [3.05, 3.63) is 54.6 Å². The summed E-state index contributed by atoms with van der Waals surface area (Å²) in [7, 11) is -3.42. The molecule has 0 aromatic heterocycles.